The minimum Gasteiger partial charge on any atom is -0.497 e. The zero-order chi connectivity index (χ0) is 17.2. The zero-order valence-corrected chi connectivity index (χ0v) is 14.8. The summed E-state index contributed by atoms with van der Waals surface area (Å²) in [5.41, 5.74) is 3.28. The molecular formula is C19H18N4OS. The fraction of sp³-hybridized carbons (Fsp3) is 0.158. The van der Waals surface area contributed by atoms with Crippen LogP contribution in [0.4, 0.5) is 5.95 Å². The maximum Gasteiger partial charge on any atom is 0.227 e. The first-order valence-corrected chi connectivity index (χ1v) is 9.19. The number of hydrogen-bond acceptors (Lipinski definition) is 5. The van der Waals surface area contributed by atoms with E-state index < -0.39 is 0 Å². The minimum absolute atomic E-state index is 0.00273. The van der Waals surface area contributed by atoms with Crippen LogP contribution in [-0.2, 0) is 0 Å². The van der Waals surface area contributed by atoms with E-state index in [4.69, 9.17) is 4.74 Å². The number of benzene rings is 2. The molecule has 25 heavy (non-hydrogen) atoms. The van der Waals surface area contributed by atoms with Crippen molar-refractivity contribution in [2.75, 3.05) is 18.7 Å². The van der Waals surface area contributed by atoms with Gasteiger partial charge in [-0.05, 0) is 47.7 Å². The van der Waals surface area contributed by atoms with Gasteiger partial charge in [0.15, 0.2) is 0 Å². The highest BCUT2D eigenvalue weighted by Gasteiger charge is 2.25. The predicted octanol–water partition coefficient (Wildman–Crippen LogP) is 4.06. The van der Waals surface area contributed by atoms with Gasteiger partial charge in [-0.2, -0.15) is 4.98 Å². The Kier molecular flexibility index (Phi) is 4.19. The number of hydrogen-bond donors (Lipinski definition) is 1. The van der Waals surface area contributed by atoms with Gasteiger partial charge in [0.2, 0.25) is 11.1 Å². The maximum absolute atomic E-state index is 5.25. The Morgan fingerprint density at radius 2 is 1.84 bits per heavy atom. The Labute approximate surface area is 150 Å². The quantitative estimate of drug-likeness (QED) is 0.719. The average molecular weight is 350 g/mol. The topological polar surface area (TPSA) is 52.0 Å². The second-order valence-electron chi connectivity index (χ2n) is 5.66. The highest BCUT2D eigenvalue weighted by atomic mass is 32.2. The summed E-state index contributed by atoms with van der Waals surface area (Å²) in [6, 6.07) is 18.4. The molecule has 0 saturated carbocycles. The number of thioether (sulfide) groups is 1. The molecule has 0 amide bonds. The summed E-state index contributed by atoms with van der Waals surface area (Å²) in [6.45, 7) is 0. The third-order valence-corrected chi connectivity index (χ3v) is 4.71. The van der Waals surface area contributed by atoms with Crippen molar-refractivity contribution in [3.05, 3.63) is 71.8 Å². The summed E-state index contributed by atoms with van der Waals surface area (Å²) in [7, 11) is 1.67. The molecule has 5 nitrogen and oxygen atoms in total. The van der Waals surface area contributed by atoms with Crippen LogP contribution >= 0.6 is 11.8 Å². The number of rotatable bonds is 4. The fourth-order valence-corrected chi connectivity index (χ4v) is 3.23. The fourth-order valence-electron chi connectivity index (χ4n) is 2.89. The van der Waals surface area contributed by atoms with Gasteiger partial charge in [-0.15, -0.1) is 5.10 Å². The predicted molar refractivity (Wildman–Crippen MR) is 101 cm³/mol. The number of aromatic nitrogens is 3. The maximum atomic E-state index is 5.25. The van der Waals surface area contributed by atoms with Crippen molar-refractivity contribution in [2.45, 2.75) is 11.2 Å². The molecule has 4 rings (SSSR count). The Morgan fingerprint density at radius 1 is 1.08 bits per heavy atom. The molecule has 2 aromatic carbocycles. The van der Waals surface area contributed by atoms with Crippen molar-refractivity contribution < 1.29 is 4.74 Å². The van der Waals surface area contributed by atoms with E-state index in [1.165, 1.54) is 17.3 Å². The Morgan fingerprint density at radius 3 is 2.52 bits per heavy atom. The van der Waals surface area contributed by atoms with E-state index in [9.17, 15) is 0 Å². The van der Waals surface area contributed by atoms with E-state index in [1.807, 2.05) is 53.4 Å². The van der Waals surface area contributed by atoms with Crippen molar-refractivity contribution in [1.82, 2.24) is 14.8 Å². The van der Waals surface area contributed by atoms with Gasteiger partial charge in [-0.25, -0.2) is 4.68 Å². The lowest BCUT2D eigenvalue weighted by molar-refractivity contribution is 0.415. The summed E-state index contributed by atoms with van der Waals surface area (Å²) in [4.78, 5) is 4.59. The van der Waals surface area contributed by atoms with Crippen LogP contribution in [0.2, 0.25) is 0 Å². The summed E-state index contributed by atoms with van der Waals surface area (Å²) in [6.07, 6.45) is 4.17. The lowest BCUT2D eigenvalue weighted by atomic mass is 10.0. The van der Waals surface area contributed by atoms with Crippen LogP contribution < -0.4 is 10.1 Å². The van der Waals surface area contributed by atoms with Crippen LogP contribution in [0.25, 0.3) is 5.70 Å². The molecule has 0 spiro atoms. The normalized spacial score (nSPS) is 15.9. The summed E-state index contributed by atoms with van der Waals surface area (Å²) in [5, 5.41) is 8.78. The van der Waals surface area contributed by atoms with Gasteiger partial charge < -0.3 is 10.1 Å². The van der Waals surface area contributed by atoms with Gasteiger partial charge in [0.05, 0.1) is 7.11 Å². The molecule has 0 radical (unpaired) electrons. The Hall–Kier alpha value is -2.73. The van der Waals surface area contributed by atoms with E-state index >= 15 is 0 Å². The molecule has 1 atom stereocenters. The third-order valence-electron chi connectivity index (χ3n) is 4.17. The highest BCUT2D eigenvalue weighted by Crippen LogP contribution is 2.33. The molecule has 0 bridgehead atoms. The molecule has 1 aliphatic rings. The Balaban J connectivity index is 1.78. The van der Waals surface area contributed by atoms with Crippen LogP contribution in [0.1, 0.15) is 17.2 Å². The van der Waals surface area contributed by atoms with Gasteiger partial charge >= 0.3 is 0 Å². The lowest BCUT2D eigenvalue weighted by Gasteiger charge is -2.24. The summed E-state index contributed by atoms with van der Waals surface area (Å²) >= 11 is 1.54. The number of allylic oxidation sites excluding steroid dienone is 1. The molecule has 2 heterocycles. The molecular weight excluding hydrogens is 332 g/mol. The lowest BCUT2D eigenvalue weighted by Crippen LogP contribution is -2.20. The Bertz CT molecular complexity index is 903. The number of ether oxygens (including phenoxy) is 1. The summed E-state index contributed by atoms with van der Waals surface area (Å²) < 4.78 is 7.19. The molecule has 1 aliphatic heterocycles. The number of fused-ring (bicyclic) bond motifs is 1. The molecule has 0 saturated heterocycles. The van der Waals surface area contributed by atoms with E-state index in [2.05, 4.69) is 33.6 Å². The van der Waals surface area contributed by atoms with Crippen molar-refractivity contribution in [2.24, 2.45) is 0 Å². The van der Waals surface area contributed by atoms with Gasteiger partial charge in [0.25, 0.3) is 0 Å². The molecule has 126 valence electrons. The van der Waals surface area contributed by atoms with E-state index in [0.29, 0.717) is 0 Å². The number of methoxy groups -OCH3 is 1. The van der Waals surface area contributed by atoms with Crippen LogP contribution in [0.3, 0.4) is 0 Å². The molecule has 1 aromatic heterocycles. The van der Waals surface area contributed by atoms with Crippen LogP contribution in [0, 0.1) is 0 Å². The van der Waals surface area contributed by atoms with Gasteiger partial charge in [-0.1, -0.05) is 42.1 Å². The van der Waals surface area contributed by atoms with Crippen LogP contribution in [-0.4, -0.2) is 28.1 Å². The van der Waals surface area contributed by atoms with E-state index in [-0.39, 0.29) is 6.04 Å². The van der Waals surface area contributed by atoms with Crippen molar-refractivity contribution >= 4 is 23.4 Å². The summed E-state index contributed by atoms with van der Waals surface area (Å²) in [5.74, 6) is 1.60. The van der Waals surface area contributed by atoms with Crippen molar-refractivity contribution in [3.63, 3.8) is 0 Å². The zero-order valence-electron chi connectivity index (χ0n) is 14.0. The number of nitrogens with one attached hydrogen (secondary N) is 1. The minimum atomic E-state index is 0.00273. The molecule has 1 N–H and O–H groups in total. The average Bonchev–Trinajstić information content (AvgIpc) is 3.11. The first-order valence-electron chi connectivity index (χ1n) is 7.97. The smallest absolute Gasteiger partial charge is 0.227 e. The second kappa shape index (κ2) is 6.64. The number of anilines is 1. The monoisotopic (exact) mass is 350 g/mol. The van der Waals surface area contributed by atoms with Gasteiger partial charge in [0.1, 0.15) is 11.8 Å². The van der Waals surface area contributed by atoms with Crippen molar-refractivity contribution in [3.8, 4) is 5.75 Å². The third kappa shape index (κ3) is 3.00. The first kappa shape index (κ1) is 15.8. The van der Waals surface area contributed by atoms with Crippen LogP contribution in [0.15, 0.2) is 65.8 Å². The van der Waals surface area contributed by atoms with Gasteiger partial charge in [-0.3, -0.25) is 0 Å². The van der Waals surface area contributed by atoms with Crippen molar-refractivity contribution in [1.29, 1.82) is 0 Å². The second-order valence-corrected chi connectivity index (χ2v) is 6.43. The van der Waals surface area contributed by atoms with Crippen LogP contribution in [0.5, 0.6) is 5.75 Å². The molecule has 6 heteroatoms. The first-order chi connectivity index (χ1) is 12.3. The largest absolute Gasteiger partial charge is 0.497 e. The highest BCUT2D eigenvalue weighted by molar-refractivity contribution is 7.98. The molecule has 0 fully saturated rings. The molecule has 0 unspecified atom stereocenters. The number of nitrogens with zero attached hydrogens (tertiary/aromatic N) is 3. The molecule has 0 aliphatic carbocycles. The van der Waals surface area contributed by atoms with E-state index in [0.717, 1.165) is 28.1 Å². The standard InChI is InChI=1S/C19H18N4OS/c1-24-15-10-8-13(9-11-15)16-12-17(14-6-4-3-5-7-14)23-18(20-16)21-19(22-23)25-2/h3-12,17H,1-2H3,(H,20,21,22)/t17-/m1/s1. The SMILES string of the molecule is COc1ccc(C2=C[C@H](c3ccccc3)n3nc(SC)nc3N2)cc1. The molecule has 3 aromatic rings. The van der Waals surface area contributed by atoms with E-state index in [1.54, 1.807) is 7.11 Å². The van der Waals surface area contributed by atoms with Gasteiger partial charge in [0, 0.05) is 5.70 Å².